The quantitative estimate of drug-likeness (QED) is 0.665. The molecule has 0 aromatic carbocycles. The van der Waals surface area contributed by atoms with Crippen LogP contribution in [0.3, 0.4) is 0 Å². The van der Waals surface area contributed by atoms with Crippen molar-refractivity contribution in [3.63, 3.8) is 0 Å². The van der Waals surface area contributed by atoms with Gasteiger partial charge in [-0.05, 0) is 18.1 Å². The van der Waals surface area contributed by atoms with Crippen LogP contribution in [-0.2, 0) is 0 Å². The van der Waals surface area contributed by atoms with Gasteiger partial charge in [0.2, 0.25) is 0 Å². The zero-order valence-corrected chi connectivity index (χ0v) is 7.12. The van der Waals surface area contributed by atoms with Crippen molar-refractivity contribution in [3.8, 4) is 12.3 Å². The highest BCUT2D eigenvalue weighted by Gasteiger charge is 2.01. The van der Waals surface area contributed by atoms with Crippen LogP contribution in [-0.4, -0.2) is 4.98 Å². The first-order valence-electron chi connectivity index (χ1n) is 3.96. The van der Waals surface area contributed by atoms with Gasteiger partial charge >= 0.3 is 0 Å². The minimum Gasteiger partial charge on any atom is -0.324 e. The molecule has 62 valence electrons. The predicted octanol–water partition coefficient (Wildman–Crippen LogP) is 1.47. The van der Waals surface area contributed by atoms with E-state index in [0.29, 0.717) is 5.69 Å². The molecule has 0 bridgehead atoms. The Morgan fingerprint density at radius 1 is 1.67 bits per heavy atom. The molecule has 0 unspecified atom stereocenters. The lowest BCUT2D eigenvalue weighted by Gasteiger charge is -2.07. The van der Waals surface area contributed by atoms with E-state index in [2.05, 4.69) is 10.9 Å². The molecule has 2 nitrogen and oxygen atoms in total. The van der Waals surface area contributed by atoms with Crippen molar-refractivity contribution < 1.29 is 0 Å². The maximum atomic E-state index is 5.79. The summed E-state index contributed by atoms with van der Waals surface area (Å²) in [6.45, 7) is 2.04. The maximum Gasteiger partial charge on any atom is 0.112 e. The van der Waals surface area contributed by atoms with E-state index in [9.17, 15) is 0 Å². The van der Waals surface area contributed by atoms with Crippen molar-refractivity contribution in [2.24, 2.45) is 5.73 Å². The second kappa shape index (κ2) is 3.89. The predicted molar refractivity (Wildman–Crippen MR) is 49.4 cm³/mol. The Morgan fingerprint density at radius 2 is 2.42 bits per heavy atom. The van der Waals surface area contributed by atoms with Gasteiger partial charge in [-0.25, -0.2) is 4.98 Å². The number of hydrogen-bond donors (Lipinski definition) is 1. The number of terminal acetylenes is 1. The molecule has 0 aliphatic heterocycles. The van der Waals surface area contributed by atoms with Crippen molar-refractivity contribution in [3.05, 3.63) is 29.6 Å². The van der Waals surface area contributed by atoms with Crippen LogP contribution in [0.25, 0.3) is 0 Å². The highest BCUT2D eigenvalue weighted by atomic mass is 14.7. The zero-order chi connectivity index (χ0) is 8.97. The summed E-state index contributed by atoms with van der Waals surface area (Å²) >= 11 is 0. The standard InChI is InChI=1S/C10H12N2/c1-3-9-6-5-8(7-12-9)10(11)4-2/h1,5-7,10H,4,11H2,2H3/t10-/m0/s1. The van der Waals surface area contributed by atoms with Gasteiger partial charge in [-0.1, -0.05) is 18.9 Å². The smallest absolute Gasteiger partial charge is 0.112 e. The summed E-state index contributed by atoms with van der Waals surface area (Å²) in [4.78, 5) is 4.05. The molecule has 0 saturated heterocycles. The highest BCUT2D eigenvalue weighted by Crippen LogP contribution is 2.11. The van der Waals surface area contributed by atoms with Crippen molar-refractivity contribution in [1.82, 2.24) is 4.98 Å². The van der Waals surface area contributed by atoms with Crippen LogP contribution in [0.15, 0.2) is 18.3 Å². The molecule has 2 N–H and O–H groups in total. The van der Waals surface area contributed by atoms with E-state index in [1.54, 1.807) is 6.20 Å². The molecule has 0 amide bonds. The average Bonchev–Trinajstić information content (AvgIpc) is 2.17. The number of aromatic nitrogens is 1. The number of hydrogen-bond acceptors (Lipinski definition) is 2. The summed E-state index contributed by atoms with van der Waals surface area (Å²) in [5.41, 5.74) is 7.49. The fourth-order valence-corrected chi connectivity index (χ4v) is 0.946. The Hall–Kier alpha value is -1.33. The molecule has 0 aliphatic carbocycles. The number of pyridine rings is 1. The van der Waals surface area contributed by atoms with Gasteiger partial charge in [0.25, 0.3) is 0 Å². The van der Waals surface area contributed by atoms with Gasteiger partial charge in [0.1, 0.15) is 5.69 Å². The van der Waals surface area contributed by atoms with Gasteiger partial charge in [0.05, 0.1) is 0 Å². The molecule has 0 saturated carbocycles. The highest BCUT2D eigenvalue weighted by molar-refractivity contribution is 5.27. The Kier molecular flexibility index (Phi) is 2.84. The van der Waals surface area contributed by atoms with Gasteiger partial charge in [-0.15, -0.1) is 6.42 Å². The molecule has 0 aliphatic rings. The minimum absolute atomic E-state index is 0.0734. The first kappa shape index (κ1) is 8.76. The molecule has 1 rings (SSSR count). The first-order valence-corrected chi connectivity index (χ1v) is 3.96. The third-order valence-corrected chi connectivity index (χ3v) is 1.80. The molecule has 1 aromatic heterocycles. The minimum atomic E-state index is 0.0734. The van der Waals surface area contributed by atoms with Gasteiger partial charge in [-0.2, -0.15) is 0 Å². The van der Waals surface area contributed by atoms with E-state index in [1.807, 2.05) is 19.1 Å². The summed E-state index contributed by atoms with van der Waals surface area (Å²) < 4.78 is 0. The van der Waals surface area contributed by atoms with E-state index in [-0.39, 0.29) is 6.04 Å². The molecule has 1 heterocycles. The second-order valence-corrected chi connectivity index (χ2v) is 2.64. The van der Waals surface area contributed by atoms with E-state index < -0.39 is 0 Å². The van der Waals surface area contributed by atoms with Crippen molar-refractivity contribution in [2.75, 3.05) is 0 Å². The van der Waals surface area contributed by atoms with E-state index in [1.165, 1.54) is 0 Å². The van der Waals surface area contributed by atoms with E-state index in [0.717, 1.165) is 12.0 Å². The Labute approximate surface area is 72.8 Å². The number of rotatable bonds is 2. The maximum absolute atomic E-state index is 5.79. The summed E-state index contributed by atoms with van der Waals surface area (Å²) in [5, 5.41) is 0. The van der Waals surface area contributed by atoms with Crippen molar-refractivity contribution in [1.29, 1.82) is 0 Å². The third-order valence-electron chi connectivity index (χ3n) is 1.80. The molecule has 2 heteroatoms. The third kappa shape index (κ3) is 1.84. The van der Waals surface area contributed by atoms with Gasteiger partial charge < -0.3 is 5.73 Å². The Bertz CT molecular complexity index is 282. The molecule has 1 aromatic rings. The fraction of sp³-hybridized carbons (Fsp3) is 0.300. The van der Waals surface area contributed by atoms with Gasteiger partial charge in [0.15, 0.2) is 0 Å². The first-order chi connectivity index (χ1) is 5.77. The van der Waals surface area contributed by atoms with E-state index >= 15 is 0 Å². The van der Waals surface area contributed by atoms with E-state index in [4.69, 9.17) is 12.2 Å². The topological polar surface area (TPSA) is 38.9 Å². The second-order valence-electron chi connectivity index (χ2n) is 2.64. The average molecular weight is 160 g/mol. The zero-order valence-electron chi connectivity index (χ0n) is 7.12. The van der Waals surface area contributed by atoms with Gasteiger partial charge in [-0.3, -0.25) is 0 Å². The molecule has 12 heavy (non-hydrogen) atoms. The molecule has 0 radical (unpaired) electrons. The van der Waals surface area contributed by atoms with Gasteiger partial charge in [0, 0.05) is 12.2 Å². The molecule has 0 fully saturated rings. The van der Waals surface area contributed by atoms with Crippen LogP contribution < -0.4 is 5.73 Å². The lowest BCUT2D eigenvalue weighted by Crippen LogP contribution is -2.08. The molecular formula is C10H12N2. The van der Waals surface area contributed by atoms with Crippen LogP contribution in [0.4, 0.5) is 0 Å². The lowest BCUT2D eigenvalue weighted by molar-refractivity contribution is 0.695. The Morgan fingerprint density at radius 3 is 2.83 bits per heavy atom. The van der Waals surface area contributed by atoms with Crippen LogP contribution in [0.2, 0.25) is 0 Å². The normalized spacial score (nSPS) is 12.1. The monoisotopic (exact) mass is 160 g/mol. The summed E-state index contributed by atoms with van der Waals surface area (Å²) in [6.07, 6.45) is 7.82. The summed E-state index contributed by atoms with van der Waals surface area (Å²) in [6, 6.07) is 3.81. The lowest BCUT2D eigenvalue weighted by atomic mass is 10.1. The summed E-state index contributed by atoms with van der Waals surface area (Å²) in [7, 11) is 0. The largest absolute Gasteiger partial charge is 0.324 e. The van der Waals surface area contributed by atoms with Crippen molar-refractivity contribution >= 4 is 0 Å². The molecule has 1 atom stereocenters. The molecular weight excluding hydrogens is 148 g/mol. The number of nitrogens with two attached hydrogens (primary N) is 1. The Balaban J connectivity index is 2.86. The van der Waals surface area contributed by atoms with Crippen molar-refractivity contribution in [2.45, 2.75) is 19.4 Å². The van der Waals surface area contributed by atoms with Crippen LogP contribution in [0.5, 0.6) is 0 Å². The van der Waals surface area contributed by atoms with Crippen LogP contribution in [0.1, 0.15) is 30.6 Å². The fourth-order valence-electron chi connectivity index (χ4n) is 0.946. The SMILES string of the molecule is C#Cc1ccc([C@@H](N)CC)cn1. The molecule has 0 spiro atoms. The van der Waals surface area contributed by atoms with Crippen LogP contribution in [0, 0.1) is 12.3 Å². The summed E-state index contributed by atoms with van der Waals surface area (Å²) in [5.74, 6) is 2.46. The van der Waals surface area contributed by atoms with Crippen LogP contribution >= 0.6 is 0 Å². The number of nitrogens with zero attached hydrogens (tertiary/aromatic N) is 1.